The normalized spacial score (nSPS) is 10.2. The average Bonchev–Trinajstić information content (AvgIpc) is 2.14. The van der Waals surface area contributed by atoms with Crippen LogP contribution in [0.1, 0.15) is 5.56 Å². The van der Waals surface area contributed by atoms with Crippen molar-refractivity contribution in [2.24, 2.45) is 5.16 Å². The summed E-state index contributed by atoms with van der Waals surface area (Å²) in [6.45, 7) is -0.429. The summed E-state index contributed by atoms with van der Waals surface area (Å²) in [7, 11) is 0. The van der Waals surface area contributed by atoms with Gasteiger partial charge in [0.15, 0.2) is 0 Å². The molecule has 0 saturated heterocycles. The Morgan fingerprint density at radius 2 is 2.31 bits per heavy atom. The minimum Gasteiger partial charge on any atom is -0.479 e. The molecular weight excluding hydrogens is 172 g/mol. The van der Waals surface area contributed by atoms with Gasteiger partial charge in [0.25, 0.3) is 0 Å². The van der Waals surface area contributed by atoms with Gasteiger partial charge in [0.05, 0.1) is 6.21 Å². The highest BCUT2D eigenvalue weighted by molar-refractivity contribution is 5.78. The van der Waals surface area contributed by atoms with E-state index in [0.717, 1.165) is 5.56 Å². The third-order valence-electron chi connectivity index (χ3n) is 1.17. The molecule has 0 aliphatic heterocycles. The molecule has 0 amide bonds. The SMILES string of the molecule is O=C(O)CO/N=C\c1ccncc1. The molecule has 0 radical (unpaired) electrons. The molecule has 0 aliphatic carbocycles. The van der Waals surface area contributed by atoms with Crippen molar-refractivity contribution in [1.29, 1.82) is 0 Å². The minimum absolute atomic E-state index is 0.429. The summed E-state index contributed by atoms with van der Waals surface area (Å²) in [6, 6.07) is 3.46. The molecule has 0 fully saturated rings. The molecule has 0 unspecified atom stereocenters. The molecule has 5 nitrogen and oxygen atoms in total. The van der Waals surface area contributed by atoms with Crippen LogP contribution >= 0.6 is 0 Å². The fourth-order valence-corrected chi connectivity index (χ4v) is 0.640. The van der Waals surface area contributed by atoms with Crippen LogP contribution in [-0.2, 0) is 9.63 Å². The van der Waals surface area contributed by atoms with Crippen molar-refractivity contribution in [2.75, 3.05) is 6.61 Å². The predicted octanol–water partition coefficient (Wildman–Crippen LogP) is 0.517. The minimum atomic E-state index is -1.05. The van der Waals surface area contributed by atoms with E-state index in [9.17, 15) is 4.79 Å². The maximum Gasteiger partial charge on any atom is 0.344 e. The van der Waals surface area contributed by atoms with Gasteiger partial charge in [-0.25, -0.2) is 4.79 Å². The Labute approximate surface area is 74.7 Å². The summed E-state index contributed by atoms with van der Waals surface area (Å²) < 4.78 is 0. The van der Waals surface area contributed by atoms with Crippen molar-refractivity contribution in [3.63, 3.8) is 0 Å². The lowest BCUT2D eigenvalue weighted by Gasteiger charge is -1.92. The predicted molar refractivity (Wildman–Crippen MR) is 45.4 cm³/mol. The number of carboxylic acids is 1. The first kappa shape index (κ1) is 9.18. The van der Waals surface area contributed by atoms with Crippen molar-refractivity contribution in [2.45, 2.75) is 0 Å². The van der Waals surface area contributed by atoms with Crippen molar-refractivity contribution < 1.29 is 14.7 Å². The van der Waals surface area contributed by atoms with Crippen LogP contribution in [0.5, 0.6) is 0 Å². The van der Waals surface area contributed by atoms with E-state index in [2.05, 4.69) is 15.0 Å². The van der Waals surface area contributed by atoms with Gasteiger partial charge in [0, 0.05) is 12.4 Å². The lowest BCUT2D eigenvalue weighted by Crippen LogP contribution is -2.03. The highest BCUT2D eigenvalue weighted by Gasteiger charge is 1.92. The number of hydrogen-bond donors (Lipinski definition) is 1. The Kier molecular flexibility index (Phi) is 3.44. The molecule has 0 saturated carbocycles. The lowest BCUT2D eigenvalue weighted by atomic mass is 10.3. The maximum atomic E-state index is 10.0. The Bertz CT molecular complexity index is 298. The second kappa shape index (κ2) is 4.87. The van der Waals surface area contributed by atoms with Crippen LogP contribution in [0.25, 0.3) is 0 Å². The smallest absolute Gasteiger partial charge is 0.344 e. The van der Waals surface area contributed by atoms with E-state index in [-0.39, 0.29) is 0 Å². The molecule has 0 aliphatic rings. The van der Waals surface area contributed by atoms with Gasteiger partial charge in [0.1, 0.15) is 0 Å². The standard InChI is InChI=1S/C8H8N2O3/c11-8(12)6-13-10-5-7-1-3-9-4-2-7/h1-5H,6H2,(H,11,12)/b10-5-. The molecule has 5 heteroatoms. The van der Waals surface area contributed by atoms with Crippen LogP contribution in [-0.4, -0.2) is 28.9 Å². The average molecular weight is 180 g/mol. The van der Waals surface area contributed by atoms with E-state index in [1.54, 1.807) is 24.5 Å². The van der Waals surface area contributed by atoms with Crippen LogP contribution in [0.15, 0.2) is 29.7 Å². The van der Waals surface area contributed by atoms with E-state index in [4.69, 9.17) is 5.11 Å². The van der Waals surface area contributed by atoms with Crippen LogP contribution in [0.3, 0.4) is 0 Å². The van der Waals surface area contributed by atoms with Gasteiger partial charge >= 0.3 is 5.97 Å². The van der Waals surface area contributed by atoms with Crippen LogP contribution < -0.4 is 0 Å². The summed E-state index contributed by atoms with van der Waals surface area (Å²) in [5.74, 6) is -1.05. The highest BCUT2D eigenvalue weighted by atomic mass is 16.6. The van der Waals surface area contributed by atoms with E-state index in [1.165, 1.54) is 6.21 Å². The van der Waals surface area contributed by atoms with E-state index < -0.39 is 12.6 Å². The monoisotopic (exact) mass is 180 g/mol. The molecule has 0 aromatic carbocycles. The van der Waals surface area contributed by atoms with Crippen molar-refractivity contribution in [3.8, 4) is 0 Å². The lowest BCUT2D eigenvalue weighted by molar-refractivity contribution is -0.142. The first-order valence-electron chi connectivity index (χ1n) is 3.56. The third-order valence-corrected chi connectivity index (χ3v) is 1.17. The molecule has 0 atom stereocenters. The number of nitrogens with zero attached hydrogens (tertiary/aromatic N) is 2. The molecular formula is C8H8N2O3. The second-order valence-corrected chi connectivity index (χ2v) is 2.18. The Hall–Kier alpha value is -1.91. The Balaban J connectivity index is 2.37. The number of hydrogen-bond acceptors (Lipinski definition) is 4. The van der Waals surface area contributed by atoms with Gasteiger partial charge in [-0.1, -0.05) is 5.16 Å². The number of aliphatic carboxylic acids is 1. The number of carboxylic acid groups (broad SMARTS) is 1. The molecule has 1 aromatic rings. The number of rotatable bonds is 4. The number of aromatic nitrogens is 1. The van der Waals surface area contributed by atoms with Gasteiger partial charge in [-0.3, -0.25) is 4.98 Å². The molecule has 1 heterocycles. The van der Waals surface area contributed by atoms with Gasteiger partial charge in [-0.2, -0.15) is 0 Å². The molecule has 68 valence electrons. The molecule has 0 bridgehead atoms. The Morgan fingerprint density at radius 1 is 1.62 bits per heavy atom. The second-order valence-electron chi connectivity index (χ2n) is 2.18. The van der Waals surface area contributed by atoms with Crippen LogP contribution in [0.2, 0.25) is 0 Å². The highest BCUT2D eigenvalue weighted by Crippen LogP contribution is 1.91. The van der Waals surface area contributed by atoms with E-state index in [1.807, 2.05) is 0 Å². The first-order valence-corrected chi connectivity index (χ1v) is 3.56. The van der Waals surface area contributed by atoms with Gasteiger partial charge < -0.3 is 9.94 Å². The fourth-order valence-electron chi connectivity index (χ4n) is 0.640. The van der Waals surface area contributed by atoms with Crippen molar-refractivity contribution in [3.05, 3.63) is 30.1 Å². The van der Waals surface area contributed by atoms with Crippen molar-refractivity contribution in [1.82, 2.24) is 4.98 Å². The quantitative estimate of drug-likeness (QED) is 0.541. The zero-order chi connectivity index (χ0) is 9.52. The molecule has 1 rings (SSSR count). The number of carbonyl (C=O) groups is 1. The number of oxime groups is 1. The third kappa shape index (κ3) is 3.85. The van der Waals surface area contributed by atoms with Gasteiger partial charge in [-0.05, 0) is 17.7 Å². The largest absolute Gasteiger partial charge is 0.479 e. The molecule has 13 heavy (non-hydrogen) atoms. The zero-order valence-corrected chi connectivity index (χ0v) is 6.75. The fraction of sp³-hybridized carbons (Fsp3) is 0.125. The van der Waals surface area contributed by atoms with Gasteiger partial charge in [-0.15, -0.1) is 0 Å². The summed E-state index contributed by atoms with van der Waals surface area (Å²) in [6.07, 6.45) is 4.64. The summed E-state index contributed by atoms with van der Waals surface area (Å²) in [5.41, 5.74) is 0.806. The van der Waals surface area contributed by atoms with E-state index in [0.29, 0.717) is 0 Å². The summed E-state index contributed by atoms with van der Waals surface area (Å²) in [4.78, 5) is 18.3. The number of pyridine rings is 1. The maximum absolute atomic E-state index is 10.0. The van der Waals surface area contributed by atoms with E-state index >= 15 is 0 Å². The first-order chi connectivity index (χ1) is 6.29. The van der Waals surface area contributed by atoms with Crippen LogP contribution in [0, 0.1) is 0 Å². The molecule has 1 N–H and O–H groups in total. The summed E-state index contributed by atoms with van der Waals surface area (Å²) >= 11 is 0. The molecule has 0 spiro atoms. The van der Waals surface area contributed by atoms with Crippen LogP contribution in [0.4, 0.5) is 0 Å². The summed E-state index contributed by atoms with van der Waals surface area (Å²) in [5, 5.41) is 11.6. The topological polar surface area (TPSA) is 71.8 Å². The van der Waals surface area contributed by atoms with Gasteiger partial charge in [0.2, 0.25) is 6.61 Å². The molecule has 1 aromatic heterocycles. The zero-order valence-electron chi connectivity index (χ0n) is 6.75. The Morgan fingerprint density at radius 3 is 2.92 bits per heavy atom. The van der Waals surface area contributed by atoms with Crippen molar-refractivity contribution >= 4 is 12.2 Å².